The molecule has 2 heterocycles. The topological polar surface area (TPSA) is 82.1 Å². The third-order valence-corrected chi connectivity index (χ3v) is 3.33. The Bertz CT molecular complexity index is 876. The van der Waals surface area contributed by atoms with E-state index in [1.165, 1.54) is 6.92 Å². The molecule has 0 amide bonds. The van der Waals surface area contributed by atoms with E-state index in [9.17, 15) is 10.1 Å². The van der Waals surface area contributed by atoms with Crippen molar-refractivity contribution < 1.29 is 9.34 Å². The van der Waals surface area contributed by atoms with Crippen molar-refractivity contribution in [3.63, 3.8) is 0 Å². The Hall–Kier alpha value is -2.18. The van der Waals surface area contributed by atoms with E-state index in [1.807, 2.05) is 0 Å². The first kappa shape index (κ1) is 13.8. The minimum Gasteiger partial charge on any atom is -0.454 e. The molecular weight excluding hydrogens is 317 g/mol. The van der Waals surface area contributed by atoms with Crippen LogP contribution in [-0.4, -0.2) is 14.9 Å². The normalized spacial score (nSPS) is 11.0. The van der Waals surface area contributed by atoms with Crippen LogP contribution in [0, 0.1) is 17.0 Å². The Morgan fingerprint density at radius 3 is 2.71 bits per heavy atom. The van der Waals surface area contributed by atoms with E-state index in [4.69, 9.17) is 27.6 Å². The van der Waals surface area contributed by atoms with Gasteiger partial charge in [-0.2, -0.15) is 0 Å². The van der Waals surface area contributed by atoms with E-state index >= 15 is 0 Å². The van der Waals surface area contributed by atoms with Gasteiger partial charge in [-0.15, -0.1) is 0 Å². The molecule has 0 aliphatic rings. The molecule has 106 valence electrons. The molecule has 0 N–H and O–H groups in total. The molecular formula is C13H7Cl2N3O3. The number of hydrogen-bond acceptors (Lipinski definition) is 5. The van der Waals surface area contributed by atoms with Crippen molar-refractivity contribution in [2.75, 3.05) is 0 Å². The fraction of sp³-hybridized carbons (Fsp3) is 0.0769. The number of aryl methyl sites for hydroxylation is 1. The standard InChI is InChI=1S/C13H7Cl2N3O3/c1-6-12(18(19)20)11(17-13(15)16-6)10-5-7-4-8(14)2-3-9(7)21-10/h2-5H,1H3. The predicted octanol–water partition coefficient (Wildman–Crippen LogP) is 4.41. The molecule has 21 heavy (non-hydrogen) atoms. The molecule has 3 rings (SSSR count). The number of furan rings is 1. The van der Waals surface area contributed by atoms with Crippen molar-refractivity contribution in [1.29, 1.82) is 0 Å². The molecule has 3 aromatic rings. The van der Waals surface area contributed by atoms with Crippen LogP contribution < -0.4 is 0 Å². The molecule has 0 bridgehead atoms. The highest BCUT2D eigenvalue weighted by atomic mass is 35.5. The van der Waals surface area contributed by atoms with E-state index < -0.39 is 4.92 Å². The third kappa shape index (κ3) is 2.43. The average Bonchev–Trinajstić information content (AvgIpc) is 2.79. The number of benzene rings is 1. The summed E-state index contributed by atoms with van der Waals surface area (Å²) in [6, 6.07) is 6.68. The van der Waals surface area contributed by atoms with Crippen LogP contribution in [0.25, 0.3) is 22.4 Å². The van der Waals surface area contributed by atoms with Crippen molar-refractivity contribution in [1.82, 2.24) is 9.97 Å². The molecule has 6 nitrogen and oxygen atoms in total. The van der Waals surface area contributed by atoms with Gasteiger partial charge in [0.15, 0.2) is 11.5 Å². The van der Waals surface area contributed by atoms with Crippen molar-refractivity contribution in [3.05, 3.63) is 50.4 Å². The Morgan fingerprint density at radius 2 is 2.00 bits per heavy atom. The summed E-state index contributed by atoms with van der Waals surface area (Å²) in [6.07, 6.45) is 0. The van der Waals surface area contributed by atoms with Crippen molar-refractivity contribution >= 4 is 39.9 Å². The van der Waals surface area contributed by atoms with Crippen LogP contribution in [0.2, 0.25) is 10.3 Å². The maximum atomic E-state index is 11.2. The number of rotatable bonds is 2. The lowest BCUT2D eigenvalue weighted by Gasteiger charge is -2.01. The van der Waals surface area contributed by atoms with Crippen molar-refractivity contribution in [3.8, 4) is 11.5 Å². The molecule has 0 aliphatic heterocycles. The summed E-state index contributed by atoms with van der Waals surface area (Å²) >= 11 is 11.7. The third-order valence-electron chi connectivity index (χ3n) is 2.93. The summed E-state index contributed by atoms with van der Waals surface area (Å²) in [5.41, 5.74) is 0.541. The highest BCUT2D eigenvalue weighted by Gasteiger charge is 2.25. The van der Waals surface area contributed by atoms with E-state index in [1.54, 1.807) is 24.3 Å². The van der Waals surface area contributed by atoms with Gasteiger partial charge in [0.05, 0.1) is 4.92 Å². The lowest BCUT2D eigenvalue weighted by Crippen LogP contribution is -2.00. The fourth-order valence-electron chi connectivity index (χ4n) is 2.05. The maximum Gasteiger partial charge on any atom is 0.319 e. The van der Waals surface area contributed by atoms with Gasteiger partial charge in [-0.05, 0) is 42.8 Å². The first-order valence-electron chi connectivity index (χ1n) is 5.83. The Kier molecular flexibility index (Phi) is 3.27. The molecule has 0 aliphatic carbocycles. The van der Waals surface area contributed by atoms with Gasteiger partial charge in [-0.25, -0.2) is 9.97 Å². The highest BCUT2D eigenvalue weighted by molar-refractivity contribution is 6.31. The van der Waals surface area contributed by atoms with Gasteiger partial charge in [-0.3, -0.25) is 10.1 Å². The predicted molar refractivity (Wildman–Crippen MR) is 78.7 cm³/mol. The summed E-state index contributed by atoms with van der Waals surface area (Å²) in [6.45, 7) is 1.49. The summed E-state index contributed by atoms with van der Waals surface area (Å²) in [7, 11) is 0. The first-order chi connectivity index (χ1) is 9.95. The maximum absolute atomic E-state index is 11.2. The average molecular weight is 324 g/mol. The second kappa shape index (κ2) is 4.98. The van der Waals surface area contributed by atoms with Gasteiger partial charge < -0.3 is 4.42 Å². The van der Waals surface area contributed by atoms with E-state index in [0.29, 0.717) is 10.6 Å². The fourth-order valence-corrected chi connectivity index (χ4v) is 2.45. The highest BCUT2D eigenvalue weighted by Crippen LogP contribution is 2.35. The quantitative estimate of drug-likeness (QED) is 0.396. The zero-order valence-electron chi connectivity index (χ0n) is 10.6. The number of nitrogens with zero attached hydrogens (tertiary/aromatic N) is 3. The largest absolute Gasteiger partial charge is 0.454 e. The minimum absolute atomic E-state index is 0.0461. The number of nitro groups is 1. The first-order valence-corrected chi connectivity index (χ1v) is 6.59. The molecule has 0 saturated heterocycles. The van der Waals surface area contributed by atoms with Crippen LogP contribution in [0.4, 0.5) is 5.69 Å². The molecule has 2 aromatic heterocycles. The zero-order valence-corrected chi connectivity index (χ0v) is 12.1. The van der Waals surface area contributed by atoms with Gasteiger partial charge in [0.25, 0.3) is 0 Å². The number of fused-ring (bicyclic) bond motifs is 1. The van der Waals surface area contributed by atoms with Gasteiger partial charge in [-0.1, -0.05) is 11.6 Å². The van der Waals surface area contributed by atoms with Crippen LogP contribution in [0.5, 0.6) is 0 Å². The summed E-state index contributed by atoms with van der Waals surface area (Å²) in [5.74, 6) is 0.242. The van der Waals surface area contributed by atoms with Crippen LogP contribution in [-0.2, 0) is 0 Å². The lowest BCUT2D eigenvalue weighted by atomic mass is 10.2. The Balaban J connectivity index is 2.29. The zero-order chi connectivity index (χ0) is 15.1. The SMILES string of the molecule is Cc1nc(Cl)nc(-c2cc3cc(Cl)ccc3o2)c1[N+](=O)[O-]. The summed E-state index contributed by atoms with van der Waals surface area (Å²) < 4.78 is 5.60. The molecule has 0 unspecified atom stereocenters. The van der Waals surface area contributed by atoms with Crippen LogP contribution >= 0.6 is 23.2 Å². The minimum atomic E-state index is -0.554. The van der Waals surface area contributed by atoms with Crippen LogP contribution in [0.15, 0.2) is 28.7 Å². The van der Waals surface area contributed by atoms with E-state index in [2.05, 4.69) is 9.97 Å². The Labute approximate surface area is 128 Å². The molecule has 1 aromatic carbocycles. The van der Waals surface area contributed by atoms with Gasteiger partial charge in [0.2, 0.25) is 5.28 Å². The van der Waals surface area contributed by atoms with Crippen molar-refractivity contribution in [2.24, 2.45) is 0 Å². The van der Waals surface area contributed by atoms with Crippen LogP contribution in [0.1, 0.15) is 5.69 Å². The molecule has 0 atom stereocenters. The lowest BCUT2D eigenvalue weighted by molar-refractivity contribution is -0.385. The molecule has 8 heteroatoms. The van der Waals surface area contributed by atoms with Crippen LogP contribution in [0.3, 0.4) is 0 Å². The van der Waals surface area contributed by atoms with Gasteiger partial charge in [0.1, 0.15) is 11.3 Å². The number of halogens is 2. The second-order valence-corrected chi connectivity index (χ2v) is 5.10. The molecule has 0 saturated carbocycles. The smallest absolute Gasteiger partial charge is 0.319 e. The monoisotopic (exact) mass is 323 g/mol. The molecule has 0 spiro atoms. The van der Waals surface area contributed by atoms with Crippen molar-refractivity contribution in [2.45, 2.75) is 6.92 Å². The number of aromatic nitrogens is 2. The Morgan fingerprint density at radius 1 is 1.24 bits per heavy atom. The number of hydrogen-bond donors (Lipinski definition) is 0. The second-order valence-electron chi connectivity index (χ2n) is 4.33. The van der Waals surface area contributed by atoms with Gasteiger partial charge in [0, 0.05) is 10.4 Å². The van der Waals surface area contributed by atoms with E-state index in [0.717, 1.165) is 5.39 Å². The van der Waals surface area contributed by atoms with E-state index in [-0.39, 0.29) is 28.1 Å². The van der Waals surface area contributed by atoms with Gasteiger partial charge >= 0.3 is 5.69 Å². The summed E-state index contributed by atoms with van der Waals surface area (Å²) in [4.78, 5) is 18.4. The molecule has 0 radical (unpaired) electrons. The summed E-state index contributed by atoms with van der Waals surface area (Å²) in [5, 5.41) is 12.4. The molecule has 0 fully saturated rings.